The van der Waals surface area contributed by atoms with E-state index in [9.17, 15) is 13.2 Å². The maximum Gasteiger partial charge on any atom is 0.264 e. The molecule has 0 saturated heterocycles. The predicted molar refractivity (Wildman–Crippen MR) is 136 cm³/mol. The van der Waals surface area contributed by atoms with Crippen molar-refractivity contribution in [3.63, 3.8) is 0 Å². The Labute approximate surface area is 206 Å². The molecule has 0 heterocycles. The normalized spacial score (nSPS) is 11.2. The number of anilines is 1. The lowest BCUT2D eigenvalue weighted by Crippen LogP contribution is -2.42. The minimum absolute atomic E-state index is 0.110. The zero-order valence-electron chi connectivity index (χ0n) is 19.8. The van der Waals surface area contributed by atoms with Gasteiger partial charge in [0.1, 0.15) is 18.9 Å². The summed E-state index contributed by atoms with van der Waals surface area (Å²) in [4.78, 5) is 12.9. The summed E-state index contributed by atoms with van der Waals surface area (Å²) in [6.07, 6.45) is 0. The first-order valence-corrected chi connectivity index (χ1v) is 12.7. The summed E-state index contributed by atoms with van der Waals surface area (Å²) >= 11 is 6.07. The van der Waals surface area contributed by atoms with Crippen LogP contribution in [0.15, 0.2) is 65.6 Å². The zero-order valence-corrected chi connectivity index (χ0v) is 21.3. The van der Waals surface area contributed by atoms with E-state index < -0.39 is 15.9 Å². The van der Waals surface area contributed by atoms with Crippen LogP contribution in [-0.4, -0.2) is 34.0 Å². The van der Waals surface area contributed by atoms with Crippen molar-refractivity contribution in [2.45, 2.75) is 32.6 Å². The van der Waals surface area contributed by atoms with Gasteiger partial charge in [-0.15, -0.1) is 0 Å². The third-order valence-corrected chi connectivity index (χ3v) is 7.22. The summed E-state index contributed by atoms with van der Waals surface area (Å²) < 4.78 is 33.8. The first-order chi connectivity index (χ1) is 16.1. The average molecular weight is 501 g/mol. The van der Waals surface area contributed by atoms with Gasteiger partial charge in [0.15, 0.2) is 0 Å². The summed E-state index contributed by atoms with van der Waals surface area (Å²) in [6, 6.07) is 17.3. The van der Waals surface area contributed by atoms with Crippen LogP contribution in [0.1, 0.15) is 22.3 Å². The molecule has 8 heteroatoms. The Morgan fingerprint density at radius 1 is 0.912 bits per heavy atom. The van der Waals surface area contributed by atoms with E-state index in [2.05, 4.69) is 11.4 Å². The lowest BCUT2D eigenvalue weighted by Gasteiger charge is -2.26. The van der Waals surface area contributed by atoms with Crippen molar-refractivity contribution in [3.8, 4) is 5.75 Å². The predicted octanol–water partition coefficient (Wildman–Crippen LogP) is 4.96. The molecule has 6 nitrogen and oxygen atoms in total. The fourth-order valence-corrected chi connectivity index (χ4v) is 5.31. The summed E-state index contributed by atoms with van der Waals surface area (Å²) in [6.45, 7) is 7.75. The number of hydrogen-bond donors (Lipinski definition) is 1. The van der Waals surface area contributed by atoms with E-state index in [4.69, 9.17) is 16.3 Å². The van der Waals surface area contributed by atoms with E-state index >= 15 is 0 Å². The molecule has 0 bridgehead atoms. The number of carbonyl (C=O) groups is 1. The molecule has 3 aromatic rings. The highest BCUT2D eigenvalue weighted by atomic mass is 35.5. The molecule has 0 atom stereocenters. The Hall–Kier alpha value is -3.03. The first-order valence-electron chi connectivity index (χ1n) is 10.9. The van der Waals surface area contributed by atoms with Gasteiger partial charge in [0.2, 0.25) is 5.91 Å². The van der Waals surface area contributed by atoms with Gasteiger partial charge >= 0.3 is 0 Å². The molecule has 0 aliphatic heterocycles. The van der Waals surface area contributed by atoms with Gasteiger partial charge in [-0.2, -0.15) is 0 Å². The van der Waals surface area contributed by atoms with E-state index in [1.807, 2.05) is 32.9 Å². The van der Waals surface area contributed by atoms with Crippen LogP contribution in [0.5, 0.6) is 5.75 Å². The maximum absolute atomic E-state index is 13.5. The van der Waals surface area contributed by atoms with Crippen LogP contribution in [-0.2, 0) is 14.8 Å². The lowest BCUT2D eigenvalue weighted by atomic mass is 10.1. The van der Waals surface area contributed by atoms with Crippen LogP contribution in [0.2, 0.25) is 5.02 Å². The molecule has 1 amide bonds. The number of ether oxygens (including phenoxy) is 1. The number of nitrogens with one attached hydrogen (secondary N) is 1. The van der Waals surface area contributed by atoms with Crippen LogP contribution in [0.4, 0.5) is 5.69 Å². The van der Waals surface area contributed by atoms with Gasteiger partial charge in [0, 0.05) is 5.02 Å². The van der Waals surface area contributed by atoms with Crippen molar-refractivity contribution in [3.05, 3.63) is 87.9 Å². The molecule has 180 valence electrons. The Kier molecular flexibility index (Phi) is 8.23. The number of benzene rings is 3. The third-order valence-electron chi connectivity index (χ3n) is 5.21. The van der Waals surface area contributed by atoms with Crippen molar-refractivity contribution < 1.29 is 17.9 Å². The Bertz CT molecular complexity index is 1250. The zero-order chi connectivity index (χ0) is 24.9. The standard InChI is InChI=1S/C26H29ClN2O4S/c1-18-5-8-24(9-6-18)34(31,32)29(25-10-7-22(27)16-21(25)4)17-26(30)28-11-12-33-23-14-19(2)13-20(3)15-23/h5-10,13-16H,11-12,17H2,1-4H3,(H,28,30). The monoisotopic (exact) mass is 500 g/mol. The van der Waals surface area contributed by atoms with E-state index in [-0.39, 0.29) is 24.6 Å². The lowest BCUT2D eigenvalue weighted by molar-refractivity contribution is -0.119. The summed E-state index contributed by atoms with van der Waals surface area (Å²) in [7, 11) is -3.99. The van der Waals surface area contributed by atoms with E-state index in [1.165, 1.54) is 0 Å². The van der Waals surface area contributed by atoms with Gasteiger partial charge in [0.25, 0.3) is 10.0 Å². The first kappa shape index (κ1) is 25.6. The van der Waals surface area contributed by atoms with Crippen molar-refractivity contribution in [1.29, 1.82) is 0 Å². The van der Waals surface area contributed by atoms with E-state index in [1.54, 1.807) is 49.4 Å². The minimum Gasteiger partial charge on any atom is -0.492 e. The molecule has 34 heavy (non-hydrogen) atoms. The molecule has 1 N–H and O–H groups in total. The van der Waals surface area contributed by atoms with Gasteiger partial charge in [-0.1, -0.05) is 35.4 Å². The second-order valence-corrected chi connectivity index (χ2v) is 10.6. The van der Waals surface area contributed by atoms with Crippen LogP contribution >= 0.6 is 11.6 Å². The molecular formula is C26H29ClN2O4S. The second-order valence-electron chi connectivity index (χ2n) is 8.28. The van der Waals surface area contributed by atoms with Crippen molar-refractivity contribution in [2.24, 2.45) is 0 Å². The largest absolute Gasteiger partial charge is 0.492 e. The summed E-state index contributed by atoms with van der Waals surface area (Å²) in [5.74, 6) is 0.293. The Balaban J connectivity index is 1.74. The van der Waals surface area contributed by atoms with Gasteiger partial charge in [-0.25, -0.2) is 8.42 Å². The van der Waals surface area contributed by atoms with Crippen molar-refractivity contribution in [2.75, 3.05) is 24.0 Å². The average Bonchev–Trinajstić information content (AvgIpc) is 2.75. The number of amides is 1. The highest BCUT2D eigenvalue weighted by Crippen LogP contribution is 2.29. The van der Waals surface area contributed by atoms with E-state index in [0.717, 1.165) is 26.7 Å². The van der Waals surface area contributed by atoms with Gasteiger partial charge in [-0.3, -0.25) is 9.10 Å². The smallest absolute Gasteiger partial charge is 0.264 e. The molecule has 0 fully saturated rings. The molecule has 3 aromatic carbocycles. The number of carbonyl (C=O) groups excluding carboxylic acids is 1. The van der Waals surface area contributed by atoms with Gasteiger partial charge in [-0.05, 0) is 86.8 Å². The number of halogens is 1. The number of hydrogen-bond acceptors (Lipinski definition) is 4. The molecule has 0 aliphatic carbocycles. The molecule has 0 aromatic heterocycles. The molecule has 0 aliphatic rings. The van der Waals surface area contributed by atoms with Gasteiger partial charge in [0.05, 0.1) is 17.1 Å². The van der Waals surface area contributed by atoms with Gasteiger partial charge < -0.3 is 10.1 Å². The fourth-order valence-electron chi connectivity index (χ4n) is 3.60. The Morgan fingerprint density at radius 3 is 2.18 bits per heavy atom. The van der Waals surface area contributed by atoms with Crippen molar-refractivity contribution >= 4 is 33.2 Å². The third kappa shape index (κ3) is 6.52. The molecule has 0 spiro atoms. The van der Waals surface area contributed by atoms with Crippen LogP contribution in [0, 0.1) is 27.7 Å². The summed E-state index contributed by atoms with van der Waals surface area (Å²) in [5, 5.41) is 3.24. The Morgan fingerprint density at radius 2 is 1.56 bits per heavy atom. The minimum atomic E-state index is -3.99. The number of nitrogens with zero attached hydrogens (tertiary/aromatic N) is 1. The number of sulfonamides is 1. The van der Waals surface area contributed by atoms with Crippen LogP contribution in [0.3, 0.4) is 0 Å². The quantitative estimate of drug-likeness (QED) is 0.421. The molecule has 0 saturated carbocycles. The fraction of sp³-hybridized carbons (Fsp3) is 0.269. The maximum atomic E-state index is 13.5. The topological polar surface area (TPSA) is 75.7 Å². The van der Waals surface area contributed by atoms with E-state index in [0.29, 0.717) is 16.3 Å². The molecule has 0 unspecified atom stereocenters. The SMILES string of the molecule is Cc1ccc(S(=O)(=O)N(CC(=O)NCCOc2cc(C)cc(C)c2)c2ccc(Cl)cc2C)cc1. The highest BCUT2D eigenvalue weighted by molar-refractivity contribution is 7.92. The van der Waals surface area contributed by atoms with Crippen LogP contribution in [0.25, 0.3) is 0 Å². The second kappa shape index (κ2) is 10.9. The highest BCUT2D eigenvalue weighted by Gasteiger charge is 2.28. The number of aryl methyl sites for hydroxylation is 4. The molecule has 3 rings (SSSR count). The van der Waals surface area contributed by atoms with Crippen LogP contribution < -0.4 is 14.4 Å². The van der Waals surface area contributed by atoms with Crippen molar-refractivity contribution in [1.82, 2.24) is 5.32 Å². The molecular weight excluding hydrogens is 472 g/mol. The summed E-state index contributed by atoms with van der Waals surface area (Å²) in [5.41, 5.74) is 4.17. The number of rotatable bonds is 9. The molecule has 0 radical (unpaired) electrons.